The lowest BCUT2D eigenvalue weighted by Gasteiger charge is -2.18. The summed E-state index contributed by atoms with van der Waals surface area (Å²) in [6.07, 6.45) is 10.6. The lowest BCUT2D eigenvalue weighted by atomic mass is 10.0. The summed E-state index contributed by atoms with van der Waals surface area (Å²) in [4.78, 5) is 9.48. The summed E-state index contributed by atoms with van der Waals surface area (Å²) in [5.74, 6) is 1.69. The SMILES string of the molecule is C[C@H]1CCC[C@@H]1Nc1cccc(-c2cnc3ccc(C4(C)CC4)cn23)n1. The first kappa shape index (κ1) is 15.9. The van der Waals surface area contributed by atoms with Crippen LogP contribution >= 0.6 is 0 Å². The molecule has 4 heteroatoms. The Kier molecular flexibility index (Phi) is 3.56. The second kappa shape index (κ2) is 5.83. The molecule has 0 spiro atoms. The average Bonchev–Trinajstić information content (AvgIpc) is 3.08. The fourth-order valence-corrected chi connectivity index (χ4v) is 4.21. The molecule has 3 aromatic heterocycles. The minimum atomic E-state index is 0.352. The summed E-state index contributed by atoms with van der Waals surface area (Å²) in [6, 6.07) is 11.2. The van der Waals surface area contributed by atoms with Gasteiger partial charge in [-0.25, -0.2) is 9.97 Å². The van der Waals surface area contributed by atoms with E-state index >= 15 is 0 Å². The standard InChI is InChI=1S/C22H26N4/c1-15-5-3-6-17(15)24-20-8-4-7-18(25-20)19-13-23-21-10-9-16(14-26(19)21)22(2)11-12-22/h4,7-10,13-15,17H,3,5-6,11-12H2,1-2H3,(H,24,25)/t15-,17-/m0/s1. The van der Waals surface area contributed by atoms with Gasteiger partial charge in [0, 0.05) is 12.2 Å². The van der Waals surface area contributed by atoms with E-state index in [0.717, 1.165) is 28.8 Å². The van der Waals surface area contributed by atoms with E-state index in [1.807, 2.05) is 6.20 Å². The number of rotatable bonds is 4. The van der Waals surface area contributed by atoms with Gasteiger partial charge in [0.05, 0.1) is 17.6 Å². The van der Waals surface area contributed by atoms with Gasteiger partial charge in [0.15, 0.2) is 0 Å². The molecule has 0 aromatic carbocycles. The van der Waals surface area contributed by atoms with E-state index in [1.54, 1.807) is 0 Å². The Balaban J connectivity index is 1.50. The zero-order valence-corrected chi connectivity index (χ0v) is 15.6. The van der Waals surface area contributed by atoms with Gasteiger partial charge >= 0.3 is 0 Å². The van der Waals surface area contributed by atoms with Crippen molar-refractivity contribution >= 4 is 11.5 Å². The van der Waals surface area contributed by atoms with Gasteiger partial charge in [-0.2, -0.15) is 0 Å². The molecule has 134 valence electrons. The number of anilines is 1. The average molecular weight is 346 g/mol. The van der Waals surface area contributed by atoms with Gasteiger partial charge in [0.1, 0.15) is 11.5 Å². The van der Waals surface area contributed by atoms with Crippen LogP contribution in [-0.4, -0.2) is 20.4 Å². The molecule has 1 N–H and O–H groups in total. The Morgan fingerprint density at radius 3 is 2.81 bits per heavy atom. The molecule has 0 bridgehead atoms. The molecule has 4 nitrogen and oxygen atoms in total. The Bertz CT molecular complexity index is 954. The molecular formula is C22H26N4. The maximum atomic E-state index is 4.90. The van der Waals surface area contributed by atoms with Crippen LogP contribution in [0.5, 0.6) is 0 Å². The third kappa shape index (κ3) is 2.68. The van der Waals surface area contributed by atoms with Crippen molar-refractivity contribution in [1.82, 2.24) is 14.4 Å². The number of fused-ring (bicyclic) bond motifs is 1. The third-order valence-electron chi connectivity index (χ3n) is 6.41. The zero-order chi connectivity index (χ0) is 17.7. The van der Waals surface area contributed by atoms with E-state index in [4.69, 9.17) is 4.98 Å². The van der Waals surface area contributed by atoms with Crippen LogP contribution in [0.4, 0.5) is 5.82 Å². The Morgan fingerprint density at radius 1 is 1.15 bits per heavy atom. The zero-order valence-electron chi connectivity index (χ0n) is 15.6. The van der Waals surface area contributed by atoms with Gasteiger partial charge < -0.3 is 5.32 Å². The van der Waals surface area contributed by atoms with Crippen molar-refractivity contribution < 1.29 is 0 Å². The molecule has 2 aliphatic rings. The van der Waals surface area contributed by atoms with Crippen LogP contribution in [0.1, 0.15) is 51.5 Å². The van der Waals surface area contributed by atoms with E-state index in [2.05, 4.69) is 65.1 Å². The van der Waals surface area contributed by atoms with Crippen LogP contribution in [-0.2, 0) is 5.41 Å². The second-order valence-corrected chi connectivity index (χ2v) is 8.42. The second-order valence-electron chi connectivity index (χ2n) is 8.42. The number of pyridine rings is 2. The first-order chi connectivity index (χ1) is 12.6. The van der Waals surface area contributed by atoms with Gasteiger partial charge in [-0.3, -0.25) is 4.40 Å². The molecule has 3 heterocycles. The van der Waals surface area contributed by atoms with E-state index in [1.165, 1.54) is 37.7 Å². The Labute approximate surface area is 154 Å². The lowest BCUT2D eigenvalue weighted by Crippen LogP contribution is -2.22. The summed E-state index contributed by atoms with van der Waals surface area (Å²) in [5.41, 5.74) is 4.78. The minimum Gasteiger partial charge on any atom is -0.367 e. The van der Waals surface area contributed by atoms with Crippen molar-refractivity contribution in [3.63, 3.8) is 0 Å². The predicted octanol–water partition coefficient (Wildman–Crippen LogP) is 5.05. The molecule has 2 atom stereocenters. The van der Waals surface area contributed by atoms with Crippen LogP contribution in [0.25, 0.3) is 17.0 Å². The van der Waals surface area contributed by atoms with Crippen LogP contribution in [0.15, 0.2) is 42.7 Å². The molecule has 2 saturated carbocycles. The molecule has 0 amide bonds. The van der Waals surface area contributed by atoms with Crippen molar-refractivity contribution in [2.75, 3.05) is 5.32 Å². The van der Waals surface area contributed by atoms with Crippen molar-refractivity contribution in [2.24, 2.45) is 5.92 Å². The highest BCUT2D eigenvalue weighted by Gasteiger charge is 2.39. The molecule has 5 rings (SSSR count). The molecule has 0 aliphatic heterocycles. The van der Waals surface area contributed by atoms with Crippen LogP contribution in [0.2, 0.25) is 0 Å². The maximum Gasteiger partial charge on any atom is 0.137 e. The maximum absolute atomic E-state index is 4.90. The molecule has 2 fully saturated rings. The topological polar surface area (TPSA) is 42.2 Å². The van der Waals surface area contributed by atoms with Crippen molar-refractivity contribution in [3.8, 4) is 11.4 Å². The van der Waals surface area contributed by atoms with E-state index in [-0.39, 0.29) is 0 Å². The van der Waals surface area contributed by atoms with Gasteiger partial charge in [0.2, 0.25) is 0 Å². The highest BCUT2D eigenvalue weighted by Crippen LogP contribution is 2.47. The van der Waals surface area contributed by atoms with Crippen molar-refractivity contribution in [1.29, 1.82) is 0 Å². The molecule has 0 saturated heterocycles. The van der Waals surface area contributed by atoms with Gasteiger partial charge in [-0.15, -0.1) is 0 Å². The lowest BCUT2D eigenvalue weighted by molar-refractivity contribution is 0.555. The van der Waals surface area contributed by atoms with Gasteiger partial charge in [0.25, 0.3) is 0 Å². The normalized spacial score (nSPS) is 24.1. The van der Waals surface area contributed by atoms with E-state index < -0.39 is 0 Å². The smallest absolute Gasteiger partial charge is 0.137 e. The number of hydrogen-bond acceptors (Lipinski definition) is 3. The van der Waals surface area contributed by atoms with E-state index in [0.29, 0.717) is 11.5 Å². The number of nitrogens with zero attached hydrogens (tertiary/aromatic N) is 3. The monoisotopic (exact) mass is 346 g/mol. The Morgan fingerprint density at radius 2 is 2.04 bits per heavy atom. The highest BCUT2D eigenvalue weighted by molar-refractivity contribution is 5.62. The summed E-state index contributed by atoms with van der Waals surface area (Å²) in [5, 5.41) is 3.65. The number of aromatic nitrogens is 3. The fraction of sp³-hybridized carbons (Fsp3) is 0.455. The van der Waals surface area contributed by atoms with Gasteiger partial charge in [-0.05, 0) is 60.8 Å². The molecule has 0 unspecified atom stereocenters. The molecule has 2 aliphatic carbocycles. The van der Waals surface area contributed by atoms with Crippen LogP contribution < -0.4 is 5.32 Å². The molecular weight excluding hydrogens is 320 g/mol. The van der Waals surface area contributed by atoms with Crippen LogP contribution in [0, 0.1) is 5.92 Å². The first-order valence-electron chi connectivity index (χ1n) is 9.84. The molecule has 26 heavy (non-hydrogen) atoms. The summed E-state index contributed by atoms with van der Waals surface area (Å²) >= 11 is 0. The predicted molar refractivity (Wildman–Crippen MR) is 105 cm³/mol. The Hall–Kier alpha value is -2.36. The minimum absolute atomic E-state index is 0.352. The van der Waals surface area contributed by atoms with E-state index in [9.17, 15) is 0 Å². The quantitative estimate of drug-likeness (QED) is 0.719. The highest BCUT2D eigenvalue weighted by atomic mass is 15.1. The summed E-state index contributed by atoms with van der Waals surface area (Å²) in [6.45, 7) is 4.68. The summed E-state index contributed by atoms with van der Waals surface area (Å²) < 4.78 is 2.20. The molecule has 3 aromatic rings. The van der Waals surface area contributed by atoms with Gasteiger partial charge in [-0.1, -0.05) is 32.4 Å². The summed E-state index contributed by atoms with van der Waals surface area (Å²) in [7, 11) is 0. The number of hydrogen-bond donors (Lipinski definition) is 1. The van der Waals surface area contributed by atoms with Crippen molar-refractivity contribution in [2.45, 2.75) is 57.4 Å². The third-order valence-corrected chi connectivity index (χ3v) is 6.41. The fourth-order valence-electron chi connectivity index (χ4n) is 4.21. The largest absolute Gasteiger partial charge is 0.367 e. The van der Waals surface area contributed by atoms with Crippen molar-refractivity contribution in [3.05, 3.63) is 48.3 Å². The van der Waals surface area contributed by atoms with Crippen LogP contribution in [0.3, 0.4) is 0 Å². The number of imidazole rings is 1. The molecule has 0 radical (unpaired) electrons. The number of nitrogens with one attached hydrogen (secondary N) is 1. The first-order valence-corrected chi connectivity index (χ1v) is 9.84.